The highest BCUT2D eigenvalue weighted by Crippen LogP contribution is 2.35. The van der Waals surface area contributed by atoms with E-state index in [2.05, 4.69) is 0 Å². The highest BCUT2D eigenvalue weighted by Gasteiger charge is 2.28. The molecule has 0 N–H and O–H groups in total. The summed E-state index contributed by atoms with van der Waals surface area (Å²) in [6.45, 7) is 0. The Kier molecular flexibility index (Phi) is 5.64. The van der Waals surface area contributed by atoms with E-state index in [1.807, 2.05) is 6.07 Å². The average molecular weight is 437 g/mol. The Hall–Kier alpha value is -3.77. The van der Waals surface area contributed by atoms with Crippen molar-refractivity contribution in [3.05, 3.63) is 88.1 Å². The molecule has 3 aromatic carbocycles. The predicted molar refractivity (Wildman–Crippen MR) is 115 cm³/mol. The highest BCUT2D eigenvalue weighted by molar-refractivity contribution is 6.30. The van der Waals surface area contributed by atoms with Gasteiger partial charge in [0.25, 0.3) is 0 Å². The zero-order valence-electron chi connectivity index (χ0n) is 16.7. The van der Waals surface area contributed by atoms with E-state index in [-0.39, 0.29) is 22.9 Å². The second kappa shape index (κ2) is 8.53. The third-order valence-electron chi connectivity index (χ3n) is 4.62. The number of benzene rings is 3. The van der Waals surface area contributed by atoms with Gasteiger partial charge in [0.05, 0.1) is 25.3 Å². The van der Waals surface area contributed by atoms with Crippen molar-refractivity contribution in [3.8, 4) is 23.0 Å². The van der Waals surface area contributed by atoms with Gasteiger partial charge in [0.1, 0.15) is 11.5 Å². The number of esters is 1. The second-order valence-electron chi connectivity index (χ2n) is 6.61. The molecule has 1 aliphatic heterocycles. The molecular formula is C24H17ClO6. The van der Waals surface area contributed by atoms with Crippen LogP contribution in [0.1, 0.15) is 26.3 Å². The van der Waals surface area contributed by atoms with Crippen LogP contribution in [0.3, 0.4) is 0 Å². The van der Waals surface area contributed by atoms with E-state index < -0.39 is 5.97 Å². The minimum atomic E-state index is -0.583. The van der Waals surface area contributed by atoms with Crippen molar-refractivity contribution in [3.63, 3.8) is 0 Å². The number of rotatable bonds is 5. The largest absolute Gasteiger partial charge is 0.493 e. The van der Waals surface area contributed by atoms with Crippen LogP contribution in [-0.4, -0.2) is 26.0 Å². The molecule has 0 fully saturated rings. The maximum Gasteiger partial charge on any atom is 0.343 e. The second-order valence-corrected chi connectivity index (χ2v) is 7.05. The van der Waals surface area contributed by atoms with E-state index in [4.69, 9.17) is 30.5 Å². The first kappa shape index (κ1) is 20.5. The molecule has 4 rings (SSSR count). The molecule has 156 valence electrons. The quantitative estimate of drug-likeness (QED) is 0.311. The van der Waals surface area contributed by atoms with E-state index >= 15 is 0 Å². The number of ether oxygens (including phenoxy) is 4. The molecule has 7 heteroatoms. The third-order valence-corrected chi connectivity index (χ3v) is 4.85. The average Bonchev–Trinajstić information content (AvgIpc) is 3.07. The van der Waals surface area contributed by atoms with Gasteiger partial charge in [-0.05, 0) is 54.1 Å². The summed E-state index contributed by atoms with van der Waals surface area (Å²) in [5.74, 6) is 0.803. The van der Waals surface area contributed by atoms with E-state index in [9.17, 15) is 9.59 Å². The number of hydrogen-bond donors (Lipinski definition) is 0. The fraction of sp³-hybridized carbons (Fsp3) is 0.0833. The molecule has 0 radical (unpaired) electrons. The minimum Gasteiger partial charge on any atom is -0.493 e. The highest BCUT2D eigenvalue weighted by atomic mass is 35.5. The van der Waals surface area contributed by atoms with E-state index in [0.717, 1.165) is 5.56 Å². The Bertz CT molecular complexity index is 1210. The summed E-state index contributed by atoms with van der Waals surface area (Å²) in [7, 11) is 2.99. The lowest BCUT2D eigenvalue weighted by Gasteiger charge is -2.10. The van der Waals surface area contributed by atoms with Crippen molar-refractivity contribution in [2.24, 2.45) is 0 Å². The zero-order chi connectivity index (χ0) is 22.0. The van der Waals surface area contributed by atoms with Crippen molar-refractivity contribution in [2.45, 2.75) is 0 Å². The van der Waals surface area contributed by atoms with Crippen molar-refractivity contribution in [1.29, 1.82) is 0 Å². The van der Waals surface area contributed by atoms with Crippen LogP contribution in [0.25, 0.3) is 6.08 Å². The minimum absolute atomic E-state index is 0.167. The van der Waals surface area contributed by atoms with Crippen LogP contribution in [0, 0.1) is 0 Å². The number of ketones is 1. The Balaban J connectivity index is 1.54. The topological polar surface area (TPSA) is 71.1 Å². The smallest absolute Gasteiger partial charge is 0.343 e. The number of fused-ring (bicyclic) bond motifs is 1. The molecule has 0 saturated carbocycles. The molecule has 0 aromatic heterocycles. The first-order chi connectivity index (χ1) is 15.0. The number of carbonyl (C=O) groups excluding carboxylic acids is 2. The Morgan fingerprint density at radius 3 is 2.52 bits per heavy atom. The summed E-state index contributed by atoms with van der Waals surface area (Å²) in [5.41, 5.74) is 1.42. The summed E-state index contributed by atoms with van der Waals surface area (Å²) in [4.78, 5) is 25.1. The number of carbonyl (C=O) groups is 2. The van der Waals surface area contributed by atoms with Crippen molar-refractivity contribution in [1.82, 2.24) is 0 Å². The van der Waals surface area contributed by atoms with Crippen LogP contribution in [-0.2, 0) is 0 Å². The molecule has 3 aromatic rings. The first-order valence-electron chi connectivity index (χ1n) is 9.26. The van der Waals surface area contributed by atoms with Gasteiger partial charge in [0.2, 0.25) is 5.78 Å². The molecule has 0 atom stereocenters. The van der Waals surface area contributed by atoms with Crippen LogP contribution in [0.4, 0.5) is 0 Å². The number of methoxy groups -OCH3 is 2. The molecule has 0 bridgehead atoms. The fourth-order valence-electron chi connectivity index (χ4n) is 3.11. The summed E-state index contributed by atoms with van der Waals surface area (Å²) >= 11 is 5.99. The molecule has 1 aliphatic rings. The molecule has 31 heavy (non-hydrogen) atoms. The Morgan fingerprint density at radius 1 is 0.968 bits per heavy atom. The molecule has 1 heterocycles. The maximum atomic E-state index is 12.6. The van der Waals surface area contributed by atoms with Gasteiger partial charge in [-0.1, -0.05) is 23.7 Å². The fourth-order valence-corrected chi connectivity index (χ4v) is 3.31. The molecular weight excluding hydrogens is 420 g/mol. The van der Waals surface area contributed by atoms with Crippen LogP contribution in [0.5, 0.6) is 23.0 Å². The summed E-state index contributed by atoms with van der Waals surface area (Å²) < 4.78 is 21.5. The lowest BCUT2D eigenvalue weighted by molar-refractivity contribution is 0.0734. The normalized spacial score (nSPS) is 13.5. The van der Waals surface area contributed by atoms with Gasteiger partial charge >= 0.3 is 5.97 Å². The first-order valence-corrected chi connectivity index (χ1v) is 9.64. The van der Waals surface area contributed by atoms with Gasteiger partial charge in [-0.3, -0.25) is 4.79 Å². The lowest BCUT2D eigenvalue weighted by Crippen LogP contribution is -2.09. The standard InChI is InChI=1S/C24H17ClO6/c1-28-19-9-6-15(12-21(19)29-2)24(27)30-17-7-8-18-20(13-17)31-22(23(18)26)11-14-4-3-5-16(25)10-14/h3-13H,1-2H3. The third kappa shape index (κ3) is 4.25. The van der Waals surface area contributed by atoms with E-state index in [1.165, 1.54) is 26.4 Å². The number of allylic oxidation sites excluding steroid dienone is 1. The number of Topliss-reactive ketones (excluding diaryl/α,β-unsaturated/α-hetero) is 1. The monoisotopic (exact) mass is 436 g/mol. The van der Waals surface area contributed by atoms with Gasteiger partial charge in [-0.25, -0.2) is 4.79 Å². The Labute approximate surface area is 183 Å². The molecule has 0 amide bonds. The van der Waals surface area contributed by atoms with Crippen molar-refractivity contribution < 1.29 is 28.5 Å². The molecule has 0 spiro atoms. The summed E-state index contributed by atoms with van der Waals surface area (Å²) in [6.07, 6.45) is 1.61. The number of hydrogen-bond acceptors (Lipinski definition) is 6. The molecule has 6 nitrogen and oxygen atoms in total. The SMILES string of the molecule is COc1ccc(C(=O)Oc2ccc3c(c2)OC(=Cc2cccc(Cl)c2)C3=O)cc1OC. The lowest BCUT2D eigenvalue weighted by atomic mass is 10.1. The van der Waals surface area contributed by atoms with Crippen molar-refractivity contribution >= 4 is 29.4 Å². The zero-order valence-corrected chi connectivity index (χ0v) is 17.4. The van der Waals surface area contributed by atoms with Gasteiger partial charge in [-0.2, -0.15) is 0 Å². The van der Waals surface area contributed by atoms with E-state index in [0.29, 0.717) is 27.8 Å². The Morgan fingerprint density at radius 2 is 1.77 bits per heavy atom. The summed E-state index contributed by atoms with van der Waals surface area (Å²) in [6, 6.07) is 16.4. The van der Waals surface area contributed by atoms with Crippen LogP contribution in [0.2, 0.25) is 5.02 Å². The maximum absolute atomic E-state index is 12.6. The van der Waals surface area contributed by atoms with Crippen molar-refractivity contribution in [2.75, 3.05) is 14.2 Å². The molecule has 0 saturated heterocycles. The molecule has 0 aliphatic carbocycles. The van der Waals surface area contributed by atoms with Gasteiger partial charge < -0.3 is 18.9 Å². The van der Waals surface area contributed by atoms with Gasteiger partial charge in [0, 0.05) is 11.1 Å². The number of halogens is 1. The van der Waals surface area contributed by atoms with E-state index in [1.54, 1.807) is 48.5 Å². The predicted octanol–water partition coefficient (Wildman–Crippen LogP) is 5.19. The summed E-state index contributed by atoms with van der Waals surface area (Å²) in [5, 5.41) is 0.557. The van der Waals surface area contributed by atoms with Crippen LogP contribution in [0.15, 0.2) is 66.4 Å². The van der Waals surface area contributed by atoms with Gasteiger partial charge in [0.15, 0.2) is 17.3 Å². The molecule has 0 unspecified atom stereocenters. The van der Waals surface area contributed by atoms with Crippen LogP contribution >= 0.6 is 11.6 Å². The van der Waals surface area contributed by atoms with Crippen LogP contribution < -0.4 is 18.9 Å². The van der Waals surface area contributed by atoms with Gasteiger partial charge in [-0.15, -0.1) is 0 Å².